The molecule has 0 amide bonds. The van der Waals surface area contributed by atoms with Gasteiger partial charge in [-0.25, -0.2) is 8.78 Å². The monoisotopic (exact) mass is 278 g/mol. The predicted octanol–water partition coefficient (Wildman–Crippen LogP) is 2.47. The van der Waals surface area contributed by atoms with E-state index in [0.717, 1.165) is 0 Å². The highest BCUT2D eigenvalue weighted by atomic mass is 79.9. The fourth-order valence-electron chi connectivity index (χ4n) is 1.39. The average molecular weight is 279 g/mol. The van der Waals surface area contributed by atoms with Gasteiger partial charge >= 0.3 is 0 Å². The Hall–Kier alpha value is -0.520. The maximum atomic E-state index is 13.4. The van der Waals surface area contributed by atoms with Gasteiger partial charge in [0.05, 0.1) is 0 Å². The molecule has 0 spiro atoms. The van der Waals surface area contributed by atoms with Gasteiger partial charge in [0.1, 0.15) is 11.6 Å². The molecule has 0 fully saturated rings. The Kier molecular flexibility index (Phi) is 4.63. The van der Waals surface area contributed by atoms with Crippen LogP contribution in [-0.4, -0.2) is 6.54 Å². The lowest BCUT2D eigenvalue weighted by Crippen LogP contribution is -2.16. The van der Waals surface area contributed by atoms with Crippen LogP contribution in [0.15, 0.2) is 16.6 Å². The summed E-state index contributed by atoms with van der Waals surface area (Å²) in [5.41, 5.74) is 10.9. The van der Waals surface area contributed by atoms with E-state index < -0.39 is 17.7 Å². The minimum absolute atomic E-state index is 0.0633. The van der Waals surface area contributed by atoms with Crippen molar-refractivity contribution in [2.45, 2.75) is 18.9 Å². The minimum atomic E-state index is -0.637. The number of halogens is 3. The van der Waals surface area contributed by atoms with Crippen molar-refractivity contribution < 1.29 is 8.78 Å². The molecule has 1 atom stereocenters. The van der Waals surface area contributed by atoms with E-state index in [1.165, 1.54) is 12.1 Å². The summed E-state index contributed by atoms with van der Waals surface area (Å²) in [7, 11) is 0. The number of nitrogens with two attached hydrogens (primary N) is 2. The molecule has 0 saturated heterocycles. The lowest BCUT2D eigenvalue weighted by Gasteiger charge is -2.13. The maximum Gasteiger partial charge on any atom is 0.132 e. The lowest BCUT2D eigenvalue weighted by atomic mass is 10.0. The van der Waals surface area contributed by atoms with E-state index in [2.05, 4.69) is 15.9 Å². The summed E-state index contributed by atoms with van der Waals surface area (Å²) in [5.74, 6) is -1.24. The Morgan fingerprint density at radius 1 is 1.27 bits per heavy atom. The SMILES string of the molecule is NCCC[C@@H](N)c1c(F)cc(Br)cc1F. The quantitative estimate of drug-likeness (QED) is 0.889. The van der Waals surface area contributed by atoms with Gasteiger partial charge in [-0.1, -0.05) is 15.9 Å². The molecule has 0 aromatic heterocycles. The molecule has 84 valence electrons. The topological polar surface area (TPSA) is 52.0 Å². The Morgan fingerprint density at radius 2 is 1.80 bits per heavy atom. The molecular weight excluding hydrogens is 266 g/mol. The van der Waals surface area contributed by atoms with Gasteiger partial charge < -0.3 is 11.5 Å². The van der Waals surface area contributed by atoms with E-state index >= 15 is 0 Å². The molecule has 0 aliphatic rings. The second kappa shape index (κ2) is 5.53. The zero-order valence-electron chi connectivity index (χ0n) is 8.14. The zero-order valence-corrected chi connectivity index (χ0v) is 9.73. The summed E-state index contributed by atoms with van der Waals surface area (Å²) in [6.45, 7) is 0.466. The van der Waals surface area contributed by atoms with Gasteiger partial charge in [-0.3, -0.25) is 0 Å². The third-order valence-corrected chi connectivity index (χ3v) is 2.59. The van der Waals surface area contributed by atoms with Crippen LogP contribution in [-0.2, 0) is 0 Å². The van der Waals surface area contributed by atoms with Crippen molar-refractivity contribution in [2.75, 3.05) is 6.54 Å². The first-order chi connectivity index (χ1) is 7.06. The van der Waals surface area contributed by atoms with Crippen molar-refractivity contribution in [3.8, 4) is 0 Å². The molecule has 0 aliphatic heterocycles. The Balaban J connectivity index is 2.92. The fraction of sp³-hybridized carbons (Fsp3) is 0.400. The first-order valence-electron chi connectivity index (χ1n) is 4.66. The van der Waals surface area contributed by atoms with E-state index in [-0.39, 0.29) is 5.56 Å². The van der Waals surface area contributed by atoms with E-state index in [1.807, 2.05) is 0 Å². The lowest BCUT2D eigenvalue weighted by molar-refractivity contribution is 0.505. The number of benzene rings is 1. The maximum absolute atomic E-state index is 13.4. The second-order valence-corrected chi connectivity index (χ2v) is 4.24. The van der Waals surface area contributed by atoms with Crippen LogP contribution in [0.3, 0.4) is 0 Å². The largest absolute Gasteiger partial charge is 0.330 e. The molecule has 0 radical (unpaired) electrons. The molecular formula is C10H13BrF2N2. The molecule has 2 nitrogen and oxygen atoms in total. The number of rotatable bonds is 4. The fourth-order valence-corrected chi connectivity index (χ4v) is 1.79. The smallest absolute Gasteiger partial charge is 0.132 e. The van der Waals surface area contributed by atoms with Crippen LogP contribution in [0.5, 0.6) is 0 Å². The molecule has 5 heteroatoms. The van der Waals surface area contributed by atoms with Gasteiger partial charge in [0.25, 0.3) is 0 Å². The molecule has 0 unspecified atom stereocenters. The van der Waals surface area contributed by atoms with Gasteiger partial charge in [0.15, 0.2) is 0 Å². The molecule has 0 saturated carbocycles. The van der Waals surface area contributed by atoms with Crippen LogP contribution < -0.4 is 11.5 Å². The van der Waals surface area contributed by atoms with Crippen molar-refractivity contribution in [3.05, 3.63) is 33.8 Å². The van der Waals surface area contributed by atoms with Gasteiger partial charge in [0.2, 0.25) is 0 Å². The van der Waals surface area contributed by atoms with Gasteiger partial charge in [-0.2, -0.15) is 0 Å². The van der Waals surface area contributed by atoms with E-state index in [1.54, 1.807) is 0 Å². The van der Waals surface area contributed by atoms with Crippen molar-refractivity contribution >= 4 is 15.9 Å². The minimum Gasteiger partial charge on any atom is -0.330 e. The Bertz CT molecular complexity index is 321. The van der Waals surface area contributed by atoms with Crippen molar-refractivity contribution in [2.24, 2.45) is 11.5 Å². The molecule has 1 aromatic carbocycles. The summed E-state index contributed by atoms with van der Waals surface area (Å²) in [4.78, 5) is 0. The third-order valence-electron chi connectivity index (χ3n) is 2.13. The van der Waals surface area contributed by atoms with E-state index in [4.69, 9.17) is 11.5 Å². The van der Waals surface area contributed by atoms with Crippen LogP contribution in [0.1, 0.15) is 24.4 Å². The van der Waals surface area contributed by atoms with E-state index in [0.29, 0.717) is 23.9 Å². The highest BCUT2D eigenvalue weighted by Gasteiger charge is 2.16. The van der Waals surface area contributed by atoms with Crippen molar-refractivity contribution in [1.82, 2.24) is 0 Å². The standard InChI is InChI=1S/C10H13BrF2N2/c11-6-4-7(12)10(8(13)5-6)9(15)2-1-3-14/h4-5,9H,1-3,14-15H2/t9-/m1/s1. The highest BCUT2D eigenvalue weighted by molar-refractivity contribution is 9.10. The summed E-state index contributed by atoms with van der Waals surface area (Å²) in [6.07, 6.45) is 1.13. The van der Waals surface area contributed by atoms with Crippen molar-refractivity contribution in [3.63, 3.8) is 0 Å². The average Bonchev–Trinajstić information content (AvgIpc) is 2.12. The van der Waals surface area contributed by atoms with Gasteiger partial charge in [0, 0.05) is 16.1 Å². The third kappa shape index (κ3) is 3.22. The number of hydrogen-bond donors (Lipinski definition) is 2. The van der Waals surface area contributed by atoms with Crippen LogP contribution in [0.4, 0.5) is 8.78 Å². The Labute approximate surface area is 95.8 Å². The molecule has 4 N–H and O–H groups in total. The number of hydrogen-bond acceptors (Lipinski definition) is 2. The van der Waals surface area contributed by atoms with Crippen LogP contribution >= 0.6 is 15.9 Å². The van der Waals surface area contributed by atoms with Crippen LogP contribution in [0.2, 0.25) is 0 Å². The van der Waals surface area contributed by atoms with Gasteiger partial charge in [-0.15, -0.1) is 0 Å². The summed E-state index contributed by atoms with van der Waals surface area (Å²) in [5, 5.41) is 0. The molecule has 0 aliphatic carbocycles. The summed E-state index contributed by atoms with van der Waals surface area (Å²) >= 11 is 3.01. The summed E-state index contributed by atoms with van der Waals surface area (Å²) < 4.78 is 27.2. The zero-order chi connectivity index (χ0) is 11.4. The van der Waals surface area contributed by atoms with E-state index in [9.17, 15) is 8.78 Å². The molecule has 15 heavy (non-hydrogen) atoms. The van der Waals surface area contributed by atoms with Crippen LogP contribution in [0.25, 0.3) is 0 Å². The first kappa shape index (κ1) is 12.5. The summed E-state index contributed by atoms with van der Waals surface area (Å²) in [6, 6.07) is 1.78. The molecule has 1 rings (SSSR count). The normalized spacial score (nSPS) is 12.9. The molecule has 0 bridgehead atoms. The molecule has 0 heterocycles. The van der Waals surface area contributed by atoms with Gasteiger partial charge in [-0.05, 0) is 31.5 Å². The second-order valence-electron chi connectivity index (χ2n) is 3.32. The van der Waals surface area contributed by atoms with Crippen LogP contribution in [0, 0.1) is 11.6 Å². The first-order valence-corrected chi connectivity index (χ1v) is 5.45. The Morgan fingerprint density at radius 3 is 2.27 bits per heavy atom. The predicted molar refractivity (Wildman–Crippen MR) is 59.3 cm³/mol. The molecule has 1 aromatic rings. The highest BCUT2D eigenvalue weighted by Crippen LogP contribution is 2.25. The van der Waals surface area contributed by atoms with Crippen molar-refractivity contribution in [1.29, 1.82) is 0 Å².